The van der Waals surface area contributed by atoms with Gasteiger partial charge in [0.2, 0.25) is 11.8 Å². The van der Waals surface area contributed by atoms with Gasteiger partial charge in [-0.25, -0.2) is 4.90 Å². The summed E-state index contributed by atoms with van der Waals surface area (Å²) in [4.78, 5) is 26.5. The molecular weight excluding hydrogens is 309 g/mol. The van der Waals surface area contributed by atoms with Crippen LogP contribution < -0.4 is 4.90 Å². The van der Waals surface area contributed by atoms with Crippen molar-refractivity contribution in [3.63, 3.8) is 0 Å². The molecular formula is C16H15Cl2NO2. The molecule has 1 aromatic rings. The van der Waals surface area contributed by atoms with E-state index in [-0.39, 0.29) is 23.7 Å². The summed E-state index contributed by atoms with van der Waals surface area (Å²) < 4.78 is 0. The third-order valence-electron chi connectivity index (χ3n) is 4.49. The Hall–Kier alpha value is -1.32. The molecule has 3 rings (SSSR count). The molecule has 1 heterocycles. The standard InChI is InChI=1S/C16H15Cl2NO2/c1-8-5-11-12(6-9(8)2)16(21)19(15(11)20)14-4-3-10(17)7-13(14)18/h3-4,7,11-12H,5-6H2,1-2H3. The minimum atomic E-state index is -0.257. The number of amides is 2. The van der Waals surface area contributed by atoms with E-state index in [1.165, 1.54) is 16.0 Å². The van der Waals surface area contributed by atoms with E-state index in [0.29, 0.717) is 28.6 Å². The number of allylic oxidation sites excluding steroid dienone is 2. The third-order valence-corrected chi connectivity index (χ3v) is 5.03. The van der Waals surface area contributed by atoms with E-state index in [9.17, 15) is 9.59 Å². The van der Waals surface area contributed by atoms with Gasteiger partial charge in [0.15, 0.2) is 0 Å². The Balaban J connectivity index is 2.00. The Morgan fingerprint density at radius 1 is 1.00 bits per heavy atom. The van der Waals surface area contributed by atoms with Gasteiger partial charge < -0.3 is 0 Å². The first-order chi connectivity index (χ1) is 9.90. The van der Waals surface area contributed by atoms with Crippen LogP contribution in [-0.4, -0.2) is 11.8 Å². The molecule has 5 heteroatoms. The summed E-state index contributed by atoms with van der Waals surface area (Å²) >= 11 is 12.0. The van der Waals surface area contributed by atoms with E-state index in [2.05, 4.69) is 0 Å². The number of carbonyl (C=O) groups excluding carboxylic acids is 2. The van der Waals surface area contributed by atoms with Gasteiger partial charge in [-0.3, -0.25) is 9.59 Å². The van der Waals surface area contributed by atoms with E-state index in [1.807, 2.05) is 13.8 Å². The lowest BCUT2D eigenvalue weighted by atomic mass is 9.78. The number of fused-ring (bicyclic) bond motifs is 1. The van der Waals surface area contributed by atoms with Crippen molar-refractivity contribution in [2.45, 2.75) is 26.7 Å². The molecule has 2 amide bonds. The van der Waals surface area contributed by atoms with Crippen molar-refractivity contribution in [3.8, 4) is 0 Å². The molecule has 0 saturated carbocycles. The Labute approximate surface area is 133 Å². The maximum Gasteiger partial charge on any atom is 0.238 e. The number of hydrogen-bond donors (Lipinski definition) is 0. The molecule has 110 valence electrons. The Kier molecular flexibility index (Phi) is 3.58. The molecule has 1 saturated heterocycles. The maximum absolute atomic E-state index is 12.6. The van der Waals surface area contributed by atoms with Gasteiger partial charge in [0.05, 0.1) is 22.5 Å². The first-order valence-corrected chi connectivity index (χ1v) is 7.64. The van der Waals surface area contributed by atoms with Crippen LogP contribution in [0.5, 0.6) is 0 Å². The smallest absolute Gasteiger partial charge is 0.238 e. The highest BCUT2D eigenvalue weighted by Crippen LogP contribution is 2.43. The van der Waals surface area contributed by atoms with Crippen molar-refractivity contribution in [3.05, 3.63) is 39.4 Å². The molecule has 2 aliphatic rings. The van der Waals surface area contributed by atoms with Gasteiger partial charge in [-0.05, 0) is 44.9 Å². The number of anilines is 1. The second-order valence-electron chi connectivity index (χ2n) is 5.79. The van der Waals surface area contributed by atoms with Crippen molar-refractivity contribution in [2.75, 3.05) is 4.90 Å². The lowest BCUT2D eigenvalue weighted by molar-refractivity contribution is -0.122. The maximum atomic E-state index is 12.6. The van der Waals surface area contributed by atoms with Crippen LogP contribution in [0.1, 0.15) is 26.7 Å². The topological polar surface area (TPSA) is 37.4 Å². The molecule has 0 bridgehead atoms. The lowest BCUT2D eigenvalue weighted by Crippen LogP contribution is -2.31. The summed E-state index contributed by atoms with van der Waals surface area (Å²) in [7, 11) is 0. The Morgan fingerprint density at radius 3 is 2.00 bits per heavy atom. The summed E-state index contributed by atoms with van der Waals surface area (Å²) in [5, 5.41) is 0.804. The van der Waals surface area contributed by atoms with E-state index in [4.69, 9.17) is 23.2 Å². The molecule has 2 atom stereocenters. The number of rotatable bonds is 1. The van der Waals surface area contributed by atoms with Crippen LogP contribution in [0, 0.1) is 11.8 Å². The first-order valence-electron chi connectivity index (χ1n) is 6.88. The van der Waals surface area contributed by atoms with E-state index in [1.54, 1.807) is 18.2 Å². The predicted molar refractivity (Wildman–Crippen MR) is 83.5 cm³/mol. The average Bonchev–Trinajstić information content (AvgIpc) is 2.64. The molecule has 0 spiro atoms. The normalized spacial score (nSPS) is 25.6. The van der Waals surface area contributed by atoms with Crippen LogP contribution in [0.25, 0.3) is 0 Å². The molecule has 0 aromatic heterocycles. The molecule has 2 unspecified atom stereocenters. The molecule has 1 aromatic carbocycles. The Morgan fingerprint density at radius 2 is 1.52 bits per heavy atom. The number of halogens is 2. The molecule has 1 aliphatic heterocycles. The summed E-state index contributed by atoms with van der Waals surface area (Å²) in [6, 6.07) is 4.82. The average molecular weight is 324 g/mol. The number of hydrogen-bond acceptors (Lipinski definition) is 2. The summed E-state index contributed by atoms with van der Waals surface area (Å²) in [6.07, 6.45) is 1.31. The first kappa shape index (κ1) is 14.6. The van der Waals surface area contributed by atoms with Gasteiger partial charge >= 0.3 is 0 Å². The van der Waals surface area contributed by atoms with Crippen LogP contribution in [-0.2, 0) is 9.59 Å². The number of nitrogens with zero attached hydrogens (tertiary/aromatic N) is 1. The highest BCUT2D eigenvalue weighted by molar-refractivity contribution is 6.38. The zero-order chi connectivity index (χ0) is 15.3. The van der Waals surface area contributed by atoms with Crippen LogP contribution >= 0.6 is 23.2 Å². The van der Waals surface area contributed by atoms with Gasteiger partial charge in [-0.15, -0.1) is 0 Å². The number of carbonyl (C=O) groups is 2. The van der Waals surface area contributed by atoms with Crippen molar-refractivity contribution >= 4 is 40.7 Å². The molecule has 21 heavy (non-hydrogen) atoms. The highest BCUT2D eigenvalue weighted by atomic mass is 35.5. The van der Waals surface area contributed by atoms with Gasteiger partial charge in [-0.2, -0.15) is 0 Å². The monoisotopic (exact) mass is 323 g/mol. The minimum Gasteiger partial charge on any atom is -0.274 e. The second kappa shape index (κ2) is 5.15. The minimum absolute atomic E-state index is 0.152. The second-order valence-corrected chi connectivity index (χ2v) is 6.63. The summed E-state index contributed by atoms with van der Waals surface area (Å²) in [6.45, 7) is 4.06. The fourth-order valence-electron chi connectivity index (χ4n) is 3.15. The van der Waals surface area contributed by atoms with Crippen molar-refractivity contribution in [1.29, 1.82) is 0 Å². The molecule has 0 N–H and O–H groups in total. The quantitative estimate of drug-likeness (QED) is 0.573. The van der Waals surface area contributed by atoms with Crippen LogP contribution in [0.4, 0.5) is 5.69 Å². The Bertz CT molecular complexity index is 649. The van der Waals surface area contributed by atoms with Crippen molar-refractivity contribution in [1.82, 2.24) is 0 Å². The van der Waals surface area contributed by atoms with E-state index >= 15 is 0 Å². The van der Waals surface area contributed by atoms with E-state index in [0.717, 1.165) is 0 Å². The zero-order valence-electron chi connectivity index (χ0n) is 11.8. The molecule has 1 aliphatic carbocycles. The summed E-state index contributed by atoms with van der Waals surface area (Å²) in [5.41, 5.74) is 2.85. The van der Waals surface area contributed by atoms with Gasteiger partial charge in [0.25, 0.3) is 0 Å². The van der Waals surface area contributed by atoms with Crippen LogP contribution in [0.2, 0.25) is 10.0 Å². The molecule has 1 fully saturated rings. The largest absolute Gasteiger partial charge is 0.274 e. The fourth-order valence-corrected chi connectivity index (χ4v) is 3.64. The van der Waals surface area contributed by atoms with Gasteiger partial charge in [-0.1, -0.05) is 34.3 Å². The lowest BCUT2D eigenvalue weighted by Gasteiger charge is -2.23. The number of benzene rings is 1. The van der Waals surface area contributed by atoms with Gasteiger partial charge in [0.1, 0.15) is 0 Å². The third kappa shape index (κ3) is 2.29. The zero-order valence-corrected chi connectivity index (χ0v) is 13.3. The van der Waals surface area contributed by atoms with Crippen molar-refractivity contribution < 1.29 is 9.59 Å². The number of imide groups is 1. The molecule has 0 radical (unpaired) electrons. The molecule has 3 nitrogen and oxygen atoms in total. The fraction of sp³-hybridized carbons (Fsp3) is 0.375. The SMILES string of the molecule is CC1=C(C)CC2C(=O)N(c3ccc(Cl)cc3Cl)C(=O)C2C1. The van der Waals surface area contributed by atoms with E-state index < -0.39 is 0 Å². The van der Waals surface area contributed by atoms with Crippen LogP contribution in [0.3, 0.4) is 0 Å². The summed E-state index contributed by atoms with van der Waals surface area (Å²) in [5.74, 6) is -0.817. The predicted octanol–water partition coefficient (Wildman–Crippen LogP) is 4.23. The van der Waals surface area contributed by atoms with Crippen LogP contribution in [0.15, 0.2) is 29.3 Å². The van der Waals surface area contributed by atoms with Crippen molar-refractivity contribution in [2.24, 2.45) is 11.8 Å². The highest BCUT2D eigenvalue weighted by Gasteiger charge is 2.49. The van der Waals surface area contributed by atoms with Gasteiger partial charge in [0, 0.05) is 5.02 Å².